The van der Waals surface area contributed by atoms with Crippen molar-refractivity contribution in [3.05, 3.63) is 64.8 Å². The average molecular weight is 394 g/mol. The molecule has 8 nitrogen and oxygen atoms in total. The molecule has 9 heteroatoms. The van der Waals surface area contributed by atoms with Crippen molar-refractivity contribution < 1.29 is 4.79 Å². The Bertz CT molecular complexity index is 1210. The first-order valence-electron chi connectivity index (χ1n) is 8.93. The van der Waals surface area contributed by atoms with Crippen LogP contribution in [0.3, 0.4) is 0 Å². The SMILES string of the molecule is Cc1ccn2c(C(=O)Nc3ccc(Cl)c(-n4nnnc4C4CC4)c3)cnc2c1. The summed E-state index contributed by atoms with van der Waals surface area (Å²) >= 11 is 6.37. The number of fused-ring (bicyclic) bond motifs is 1. The number of hydrogen-bond donors (Lipinski definition) is 1. The second-order valence-corrected chi connectivity index (χ2v) is 7.33. The van der Waals surface area contributed by atoms with Gasteiger partial charge in [-0.25, -0.2) is 4.98 Å². The molecule has 3 aromatic heterocycles. The molecule has 0 atom stereocenters. The Kier molecular flexibility index (Phi) is 3.87. The molecular weight excluding hydrogens is 378 g/mol. The van der Waals surface area contributed by atoms with Crippen molar-refractivity contribution in [2.75, 3.05) is 5.32 Å². The van der Waals surface area contributed by atoms with Crippen LogP contribution in [0.5, 0.6) is 0 Å². The maximum absolute atomic E-state index is 12.8. The standard InChI is InChI=1S/C19H16ClN7O/c1-11-6-7-26-16(10-21-17(26)8-11)19(28)22-13-4-5-14(20)15(9-13)27-18(12-2-3-12)23-24-25-27/h4-10,12H,2-3H2,1H3,(H,22,28). The Morgan fingerprint density at radius 2 is 2.11 bits per heavy atom. The molecule has 1 aromatic carbocycles. The Morgan fingerprint density at radius 3 is 2.93 bits per heavy atom. The molecule has 28 heavy (non-hydrogen) atoms. The quantitative estimate of drug-likeness (QED) is 0.573. The molecular formula is C19H16ClN7O. The molecule has 0 spiro atoms. The number of tetrazole rings is 1. The van der Waals surface area contributed by atoms with Crippen molar-refractivity contribution in [1.82, 2.24) is 29.6 Å². The van der Waals surface area contributed by atoms with Crippen LogP contribution in [0.2, 0.25) is 5.02 Å². The summed E-state index contributed by atoms with van der Waals surface area (Å²) in [5, 5.41) is 15.4. The average Bonchev–Trinajstić information content (AvgIpc) is 3.25. The maximum Gasteiger partial charge on any atom is 0.274 e. The lowest BCUT2D eigenvalue weighted by molar-refractivity contribution is 0.102. The van der Waals surface area contributed by atoms with E-state index in [0.717, 1.165) is 29.9 Å². The van der Waals surface area contributed by atoms with Crippen LogP contribution in [-0.4, -0.2) is 35.5 Å². The van der Waals surface area contributed by atoms with E-state index < -0.39 is 0 Å². The molecule has 0 aliphatic heterocycles. The lowest BCUT2D eigenvalue weighted by atomic mass is 10.2. The van der Waals surface area contributed by atoms with Crippen LogP contribution in [0, 0.1) is 6.92 Å². The second kappa shape index (κ2) is 6.42. The highest BCUT2D eigenvalue weighted by Crippen LogP contribution is 2.40. The van der Waals surface area contributed by atoms with Crippen LogP contribution >= 0.6 is 11.6 Å². The van der Waals surface area contributed by atoms with Gasteiger partial charge in [0.2, 0.25) is 0 Å². The summed E-state index contributed by atoms with van der Waals surface area (Å²) < 4.78 is 3.40. The minimum Gasteiger partial charge on any atom is -0.321 e. The fourth-order valence-corrected chi connectivity index (χ4v) is 3.36. The Balaban J connectivity index is 1.46. The zero-order valence-corrected chi connectivity index (χ0v) is 15.8. The molecule has 5 rings (SSSR count). The van der Waals surface area contributed by atoms with Crippen molar-refractivity contribution >= 4 is 28.8 Å². The number of halogens is 1. The van der Waals surface area contributed by atoms with Crippen molar-refractivity contribution in [2.24, 2.45) is 0 Å². The number of aromatic nitrogens is 6. The lowest BCUT2D eigenvalue weighted by Crippen LogP contribution is -2.14. The fourth-order valence-electron chi connectivity index (χ4n) is 3.16. The number of carbonyl (C=O) groups is 1. The van der Waals surface area contributed by atoms with Gasteiger partial charge in [0.1, 0.15) is 11.3 Å². The van der Waals surface area contributed by atoms with Gasteiger partial charge in [-0.05, 0) is 66.1 Å². The van der Waals surface area contributed by atoms with Gasteiger partial charge in [0.25, 0.3) is 5.91 Å². The molecule has 1 saturated carbocycles. The number of anilines is 1. The molecule has 0 radical (unpaired) electrons. The zero-order valence-electron chi connectivity index (χ0n) is 15.0. The highest BCUT2D eigenvalue weighted by molar-refractivity contribution is 6.32. The third-order valence-corrected chi connectivity index (χ3v) is 5.09. The van der Waals surface area contributed by atoms with Gasteiger partial charge in [0.15, 0.2) is 5.82 Å². The van der Waals surface area contributed by atoms with E-state index in [-0.39, 0.29) is 5.91 Å². The number of imidazole rings is 1. The zero-order chi connectivity index (χ0) is 19.3. The molecule has 1 fully saturated rings. The summed E-state index contributed by atoms with van der Waals surface area (Å²) in [7, 11) is 0. The van der Waals surface area contributed by atoms with E-state index in [4.69, 9.17) is 11.6 Å². The molecule has 0 bridgehead atoms. The number of carbonyl (C=O) groups excluding carboxylic acids is 1. The van der Waals surface area contributed by atoms with E-state index in [9.17, 15) is 4.79 Å². The topological polar surface area (TPSA) is 90.0 Å². The van der Waals surface area contributed by atoms with Gasteiger partial charge in [0, 0.05) is 17.8 Å². The number of hydrogen-bond acceptors (Lipinski definition) is 5. The van der Waals surface area contributed by atoms with Gasteiger partial charge < -0.3 is 5.32 Å². The third-order valence-electron chi connectivity index (χ3n) is 4.77. The first-order chi connectivity index (χ1) is 13.6. The van der Waals surface area contributed by atoms with Gasteiger partial charge in [-0.2, -0.15) is 4.68 Å². The number of nitrogens with one attached hydrogen (secondary N) is 1. The normalized spacial score (nSPS) is 13.8. The smallest absolute Gasteiger partial charge is 0.274 e. The Hall–Kier alpha value is -3.26. The van der Waals surface area contributed by atoms with Crippen LogP contribution < -0.4 is 5.32 Å². The highest BCUT2D eigenvalue weighted by Gasteiger charge is 2.30. The molecule has 3 heterocycles. The van der Waals surface area contributed by atoms with E-state index in [2.05, 4.69) is 25.8 Å². The first-order valence-corrected chi connectivity index (χ1v) is 9.31. The Morgan fingerprint density at radius 1 is 1.25 bits per heavy atom. The van der Waals surface area contributed by atoms with E-state index in [1.165, 1.54) is 0 Å². The van der Waals surface area contributed by atoms with Crippen LogP contribution in [0.25, 0.3) is 11.3 Å². The van der Waals surface area contributed by atoms with E-state index in [0.29, 0.717) is 28.0 Å². The number of amides is 1. The van der Waals surface area contributed by atoms with Gasteiger partial charge in [-0.3, -0.25) is 9.20 Å². The third kappa shape index (κ3) is 2.91. The first kappa shape index (κ1) is 16.9. The molecule has 1 aliphatic rings. The van der Waals surface area contributed by atoms with Gasteiger partial charge in [-0.15, -0.1) is 5.10 Å². The molecule has 4 aromatic rings. The van der Waals surface area contributed by atoms with Gasteiger partial charge in [0.05, 0.1) is 16.9 Å². The summed E-state index contributed by atoms with van der Waals surface area (Å²) in [5.41, 5.74) is 3.50. The number of aryl methyl sites for hydroxylation is 1. The molecule has 0 unspecified atom stereocenters. The summed E-state index contributed by atoms with van der Waals surface area (Å²) in [6.45, 7) is 1.98. The molecule has 1 N–H and O–H groups in total. The monoisotopic (exact) mass is 393 g/mol. The lowest BCUT2D eigenvalue weighted by Gasteiger charge is -2.10. The fraction of sp³-hybridized carbons (Fsp3) is 0.211. The number of nitrogens with zero attached hydrogens (tertiary/aromatic N) is 6. The second-order valence-electron chi connectivity index (χ2n) is 6.92. The van der Waals surface area contributed by atoms with Crippen molar-refractivity contribution in [2.45, 2.75) is 25.7 Å². The maximum atomic E-state index is 12.8. The van der Waals surface area contributed by atoms with Crippen molar-refractivity contribution in [3.8, 4) is 5.69 Å². The van der Waals surface area contributed by atoms with Crippen LogP contribution in [0.4, 0.5) is 5.69 Å². The van der Waals surface area contributed by atoms with Gasteiger partial charge in [-0.1, -0.05) is 11.6 Å². The molecule has 140 valence electrons. The Labute approximate surface area is 165 Å². The minimum absolute atomic E-state index is 0.260. The highest BCUT2D eigenvalue weighted by atomic mass is 35.5. The number of pyridine rings is 1. The van der Waals surface area contributed by atoms with E-state index >= 15 is 0 Å². The van der Waals surface area contributed by atoms with Crippen LogP contribution in [0.15, 0.2) is 42.7 Å². The summed E-state index contributed by atoms with van der Waals surface area (Å²) in [4.78, 5) is 17.1. The number of benzene rings is 1. The van der Waals surface area contributed by atoms with E-state index in [1.54, 1.807) is 33.5 Å². The van der Waals surface area contributed by atoms with Crippen LogP contribution in [-0.2, 0) is 0 Å². The number of rotatable bonds is 4. The van der Waals surface area contributed by atoms with Gasteiger partial charge >= 0.3 is 0 Å². The summed E-state index contributed by atoms with van der Waals surface area (Å²) in [5.74, 6) is 0.900. The predicted octanol–water partition coefficient (Wildman–Crippen LogP) is 3.40. The summed E-state index contributed by atoms with van der Waals surface area (Å²) in [6.07, 6.45) is 5.54. The van der Waals surface area contributed by atoms with E-state index in [1.807, 2.05) is 25.3 Å². The largest absolute Gasteiger partial charge is 0.321 e. The van der Waals surface area contributed by atoms with Crippen molar-refractivity contribution in [3.63, 3.8) is 0 Å². The molecule has 0 saturated heterocycles. The van der Waals surface area contributed by atoms with Crippen LogP contribution in [0.1, 0.15) is 40.6 Å². The molecule has 1 amide bonds. The predicted molar refractivity (Wildman–Crippen MR) is 104 cm³/mol. The van der Waals surface area contributed by atoms with Crippen molar-refractivity contribution in [1.29, 1.82) is 0 Å². The molecule has 1 aliphatic carbocycles. The minimum atomic E-state index is -0.260. The summed E-state index contributed by atoms with van der Waals surface area (Å²) in [6, 6.07) is 9.11.